The standard InChI is InChI=1S/C29H34N2O4S2/c1-4-35-28-12-8-7-11-27(28)31(37(33,34)26-17-15-25(36-3)16-18-26)20-29(32)30-21(2)23-14-13-22-9-5-6-10-24(22)19-23/h7-8,11-19,21H,4-6,9-10,20H2,1-3H3,(H,30,32)/t21-/m1/s1. The van der Waals surface area contributed by atoms with E-state index in [2.05, 4.69) is 23.5 Å². The van der Waals surface area contributed by atoms with E-state index in [0.29, 0.717) is 18.0 Å². The lowest BCUT2D eigenvalue weighted by Crippen LogP contribution is -2.41. The van der Waals surface area contributed by atoms with Gasteiger partial charge in [-0.1, -0.05) is 30.3 Å². The predicted molar refractivity (Wildman–Crippen MR) is 150 cm³/mol. The Morgan fingerprint density at radius 2 is 1.73 bits per heavy atom. The van der Waals surface area contributed by atoms with Gasteiger partial charge >= 0.3 is 0 Å². The minimum absolute atomic E-state index is 0.118. The van der Waals surface area contributed by atoms with Crippen molar-refractivity contribution in [1.82, 2.24) is 5.32 Å². The summed E-state index contributed by atoms with van der Waals surface area (Å²) in [4.78, 5) is 14.4. The SMILES string of the molecule is CCOc1ccccc1N(CC(=O)N[C@H](C)c1ccc2c(c1)CCCC2)S(=O)(=O)c1ccc(SC)cc1. The molecule has 0 aliphatic heterocycles. The number of thioether (sulfide) groups is 1. The summed E-state index contributed by atoms with van der Waals surface area (Å²) in [6.07, 6.45) is 6.48. The molecule has 3 aromatic rings. The number of amides is 1. The number of carbonyl (C=O) groups excluding carboxylic acids is 1. The van der Waals surface area contributed by atoms with Gasteiger partial charge in [-0.2, -0.15) is 0 Å². The van der Waals surface area contributed by atoms with Crippen LogP contribution in [0.2, 0.25) is 0 Å². The lowest BCUT2D eigenvalue weighted by atomic mass is 9.89. The van der Waals surface area contributed by atoms with Gasteiger partial charge in [-0.25, -0.2) is 8.42 Å². The largest absolute Gasteiger partial charge is 0.492 e. The molecule has 1 amide bonds. The van der Waals surface area contributed by atoms with Crippen molar-refractivity contribution in [3.63, 3.8) is 0 Å². The minimum atomic E-state index is -4.04. The second-order valence-corrected chi connectivity index (χ2v) is 11.9. The zero-order valence-electron chi connectivity index (χ0n) is 21.6. The smallest absolute Gasteiger partial charge is 0.264 e. The molecule has 196 valence electrons. The van der Waals surface area contributed by atoms with Crippen LogP contribution in [-0.4, -0.2) is 33.7 Å². The van der Waals surface area contributed by atoms with E-state index in [-0.39, 0.29) is 23.4 Å². The topological polar surface area (TPSA) is 75.7 Å². The zero-order chi connectivity index (χ0) is 26.4. The average molecular weight is 539 g/mol. The van der Waals surface area contributed by atoms with Crippen molar-refractivity contribution in [1.29, 1.82) is 0 Å². The van der Waals surface area contributed by atoms with Crippen molar-refractivity contribution >= 4 is 33.4 Å². The summed E-state index contributed by atoms with van der Waals surface area (Å²) in [5.41, 5.74) is 4.07. The van der Waals surface area contributed by atoms with Crippen LogP contribution < -0.4 is 14.4 Å². The van der Waals surface area contributed by atoms with Gasteiger partial charge in [-0.15, -0.1) is 11.8 Å². The van der Waals surface area contributed by atoms with E-state index < -0.39 is 10.0 Å². The Morgan fingerprint density at radius 3 is 2.43 bits per heavy atom. The maximum absolute atomic E-state index is 13.8. The van der Waals surface area contributed by atoms with Crippen LogP contribution >= 0.6 is 11.8 Å². The van der Waals surface area contributed by atoms with E-state index in [1.165, 1.54) is 35.7 Å². The molecule has 1 aliphatic carbocycles. The van der Waals surface area contributed by atoms with Crippen LogP contribution in [0.1, 0.15) is 49.4 Å². The van der Waals surface area contributed by atoms with Crippen molar-refractivity contribution in [3.8, 4) is 5.75 Å². The summed E-state index contributed by atoms with van der Waals surface area (Å²) in [7, 11) is -4.04. The number of hydrogen-bond donors (Lipinski definition) is 1. The molecule has 0 saturated carbocycles. The Kier molecular flexibility index (Phi) is 8.82. The number of anilines is 1. The molecule has 1 atom stereocenters. The van der Waals surface area contributed by atoms with Crippen molar-refractivity contribution in [2.24, 2.45) is 0 Å². The highest BCUT2D eigenvalue weighted by Gasteiger charge is 2.30. The van der Waals surface area contributed by atoms with Gasteiger partial charge in [0.05, 0.1) is 23.2 Å². The first kappa shape index (κ1) is 27.1. The molecule has 0 unspecified atom stereocenters. The lowest BCUT2D eigenvalue weighted by Gasteiger charge is -2.27. The predicted octanol–water partition coefficient (Wildman–Crippen LogP) is 5.76. The molecule has 0 heterocycles. The number of benzene rings is 3. The number of fused-ring (bicyclic) bond motifs is 1. The van der Waals surface area contributed by atoms with Gasteiger partial charge in [-0.05, 0) is 98.9 Å². The van der Waals surface area contributed by atoms with Crippen LogP contribution in [0.15, 0.2) is 76.5 Å². The molecule has 3 aromatic carbocycles. The number of nitrogens with zero attached hydrogens (tertiary/aromatic N) is 1. The fraction of sp³-hybridized carbons (Fsp3) is 0.345. The molecule has 0 radical (unpaired) electrons. The molecule has 6 nitrogen and oxygen atoms in total. The number of sulfonamides is 1. The van der Waals surface area contributed by atoms with Crippen LogP contribution in [0.25, 0.3) is 0 Å². The Hall–Kier alpha value is -2.97. The second-order valence-electron chi connectivity index (χ2n) is 9.11. The van der Waals surface area contributed by atoms with E-state index in [9.17, 15) is 13.2 Å². The number of rotatable bonds is 10. The highest BCUT2D eigenvalue weighted by atomic mass is 32.2. The Morgan fingerprint density at radius 1 is 1.03 bits per heavy atom. The number of carbonyl (C=O) groups is 1. The highest BCUT2D eigenvalue weighted by Crippen LogP contribution is 2.33. The normalized spacial score (nSPS) is 13.9. The summed E-state index contributed by atoms with van der Waals surface area (Å²) in [5, 5.41) is 3.01. The van der Waals surface area contributed by atoms with Gasteiger partial charge in [0.2, 0.25) is 5.91 Å². The third-order valence-corrected chi connectivity index (χ3v) is 9.14. The number of ether oxygens (including phenoxy) is 1. The van der Waals surface area contributed by atoms with Crippen LogP contribution in [0.4, 0.5) is 5.69 Å². The van der Waals surface area contributed by atoms with Crippen molar-refractivity contribution in [2.75, 3.05) is 23.7 Å². The molecular weight excluding hydrogens is 504 g/mol. The summed E-state index contributed by atoms with van der Waals surface area (Å²) in [5.74, 6) is 0.0191. The van der Waals surface area contributed by atoms with Crippen LogP contribution in [-0.2, 0) is 27.7 Å². The molecule has 0 aromatic heterocycles. The molecule has 0 saturated heterocycles. The Labute approximate surface area is 224 Å². The fourth-order valence-corrected chi connectivity index (χ4v) is 6.48. The van der Waals surface area contributed by atoms with Crippen molar-refractivity contribution in [2.45, 2.75) is 55.4 Å². The van der Waals surface area contributed by atoms with Gasteiger partial charge in [0.1, 0.15) is 12.3 Å². The molecule has 0 fully saturated rings. The maximum atomic E-state index is 13.8. The van der Waals surface area contributed by atoms with Crippen molar-refractivity contribution < 1.29 is 17.9 Å². The second kappa shape index (κ2) is 12.0. The minimum Gasteiger partial charge on any atom is -0.492 e. The maximum Gasteiger partial charge on any atom is 0.264 e. The molecule has 37 heavy (non-hydrogen) atoms. The fourth-order valence-electron chi connectivity index (χ4n) is 4.64. The summed E-state index contributed by atoms with van der Waals surface area (Å²) < 4.78 is 34.5. The first-order valence-corrected chi connectivity index (χ1v) is 15.3. The van der Waals surface area contributed by atoms with Gasteiger partial charge in [0, 0.05) is 4.90 Å². The van der Waals surface area contributed by atoms with Gasteiger partial charge in [0.25, 0.3) is 10.0 Å². The third-order valence-electron chi connectivity index (χ3n) is 6.62. The summed E-state index contributed by atoms with van der Waals surface area (Å²) in [6.45, 7) is 3.77. The molecule has 1 N–H and O–H groups in total. The molecule has 0 spiro atoms. The summed E-state index contributed by atoms with van der Waals surface area (Å²) in [6, 6.07) is 19.7. The highest BCUT2D eigenvalue weighted by molar-refractivity contribution is 7.98. The van der Waals surface area contributed by atoms with Gasteiger partial charge in [0.15, 0.2) is 0 Å². The van der Waals surface area contributed by atoms with E-state index >= 15 is 0 Å². The quantitative estimate of drug-likeness (QED) is 0.332. The molecule has 8 heteroatoms. The number of para-hydroxylation sites is 2. The van der Waals surface area contributed by atoms with Crippen LogP contribution in [0, 0.1) is 0 Å². The zero-order valence-corrected chi connectivity index (χ0v) is 23.2. The molecular formula is C29H34N2O4S2. The third kappa shape index (κ3) is 6.30. The molecule has 4 rings (SSSR count). The van der Waals surface area contributed by atoms with E-state index in [4.69, 9.17) is 4.74 Å². The first-order valence-electron chi connectivity index (χ1n) is 12.6. The molecule has 1 aliphatic rings. The molecule has 0 bridgehead atoms. The average Bonchev–Trinajstić information content (AvgIpc) is 2.92. The summed E-state index contributed by atoms with van der Waals surface area (Å²) >= 11 is 1.53. The monoisotopic (exact) mass is 538 g/mol. The van der Waals surface area contributed by atoms with E-state index in [0.717, 1.165) is 27.6 Å². The number of hydrogen-bond acceptors (Lipinski definition) is 5. The van der Waals surface area contributed by atoms with Crippen LogP contribution in [0.5, 0.6) is 5.75 Å². The Balaban J connectivity index is 1.62. The van der Waals surface area contributed by atoms with Crippen molar-refractivity contribution in [3.05, 3.63) is 83.4 Å². The Bertz CT molecular complexity index is 1340. The lowest BCUT2D eigenvalue weighted by molar-refractivity contribution is -0.120. The van der Waals surface area contributed by atoms with E-state index in [1.807, 2.05) is 20.1 Å². The van der Waals surface area contributed by atoms with E-state index in [1.54, 1.807) is 48.5 Å². The van der Waals surface area contributed by atoms with Gasteiger partial charge < -0.3 is 10.1 Å². The van der Waals surface area contributed by atoms with Gasteiger partial charge in [-0.3, -0.25) is 9.10 Å². The first-order chi connectivity index (χ1) is 17.8. The van der Waals surface area contributed by atoms with Crippen LogP contribution in [0.3, 0.4) is 0 Å². The number of aryl methyl sites for hydroxylation is 2. The number of nitrogens with one attached hydrogen (secondary N) is 1.